The second-order valence-electron chi connectivity index (χ2n) is 4.06. The predicted molar refractivity (Wildman–Crippen MR) is 81.9 cm³/mol. The summed E-state index contributed by atoms with van der Waals surface area (Å²) in [5.74, 6) is 2.11. The molecule has 104 valence electrons. The Kier molecular flexibility index (Phi) is 4.36. The van der Waals surface area contributed by atoms with Crippen molar-refractivity contribution >= 4 is 33.5 Å². The van der Waals surface area contributed by atoms with Crippen LogP contribution < -0.4 is 5.11 Å². The number of halogens is 1. The summed E-state index contributed by atoms with van der Waals surface area (Å²) in [6.07, 6.45) is 6.58. The summed E-state index contributed by atoms with van der Waals surface area (Å²) < 4.78 is 0.121. The quantitative estimate of drug-likeness (QED) is 0.371. The fourth-order valence-electron chi connectivity index (χ4n) is 1.62. The molecule has 0 N–H and O–H groups in total. The first-order valence-electron chi connectivity index (χ1n) is 5.77. The van der Waals surface area contributed by atoms with Gasteiger partial charge in [-0.15, -0.1) is 6.42 Å². The molecule has 0 aliphatic heterocycles. The number of hydrogen-bond donors (Lipinski definition) is 0. The molecule has 2 rings (SSSR count). The normalized spacial score (nSPS) is 10.5. The Balaban J connectivity index is 2.40. The van der Waals surface area contributed by atoms with Gasteiger partial charge >= 0.3 is 0 Å². The molecule has 0 fully saturated rings. The lowest BCUT2D eigenvalue weighted by Gasteiger charge is -2.12. The standard InChI is InChI=1S/C15H9BrN2O3/c1-2-10-4-3-5-12(6-10)17-9-11-7-13(18(20)21)8-14(16)15(11)19/h1,3-9,19H/p-1. The van der Waals surface area contributed by atoms with Crippen LogP contribution in [-0.2, 0) is 0 Å². The van der Waals surface area contributed by atoms with E-state index in [9.17, 15) is 15.2 Å². The Bertz CT molecular complexity index is 779. The fraction of sp³-hybridized carbons (Fsp3) is 0. The van der Waals surface area contributed by atoms with Gasteiger partial charge in [0.05, 0.1) is 10.6 Å². The van der Waals surface area contributed by atoms with Gasteiger partial charge in [-0.1, -0.05) is 33.7 Å². The van der Waals surface area contributed by atoms with Crippen molar-refractivity contribution in [2.45, 2.75) is 0 Å². The van der Waals surface area contributed by atoms with Crippen molar-refractivity contribution in [3.05, 3.63) is 62.1 Å². The number of nitro benzene ring substituents is 1. The molecular weight excluding hydrogens is 336 g/mol. The first-order valence-corrected chi connectivity index (χ1v) is 6.56. The van der Waals surface area contributed by atoms with E-state index in [0.717, 1.165) is 0 Å². The van der Waals surface area contributed by atoms with Gasteiger partial charge in [0.2, 0.25) is 0 Å². The minimum Gasteiger partial charge on any atom is -0.871 e. The van der Waals surface area contributed by atoms with Crippen LogP contribution in [-0.4, -0.2) is 11.1 Å². The Hall–Kier alpha value is -2.65. The van der Waals surface area contributed by atoms with Crippen molar-refractivity contribution in [1.82, 2.24) is 0 Å². The van der Waals surface area contributed by atoms with Crippen LogP contribution in [0, 0.1) is 22.5 Å². The van der Waals surface area contributed by atoms with Crippen LogP contribution in [0.2, 0.25) is 0 Å². The third-order valence-electron chi connectivity index (χ3n) is 2.63. The highest BCUT2D eigenvalue weighted by atomic mass is 79.9. The lowest BCUT2D eigenvalue weighted by Crippen LogP contribution is -1.99. The van der Waals surface area contributed by atoms with E-state index in [0.29, 0.717) is 11.3 Å². The molecule has 0 atom stereocenters. The van der Waals surface area contributed by atoms with Gasteiger partial charge in [0.15, 0.2) is 0 Å². The molecule has 0 saturated carbocycles. The number of rotatable bonds is 3. The second-order valence-corrected chi connectivity index (χ2v) is 4.91. The first-order chi connectivity index (χ1) is 10.0. The summed E-state index contributed by atoms with van der Waals surface area (Å²) in [6.45, 7) is 0. The van der Waals surface area contributed by atoms with Crippen LogP contribution in [0.5, 0.6) is 5.75 Å². The van der Waals surface area contributed by atoms with E-state index in [1.54, 1.807) is 24.3 Å². The third-order valence-corrected chi connectivity index (χ3v) is 3.22. The SMILES string of the molecule is C#Cc1cccc(N=Cc2cc([N+](=O)[O-])cc(Br)c2[O-])c1. The first kappa shape index (κ1) is 14.8. The van der Waals surface area contributed by atoms with E-state index >= 15 is 0 Å². The second kappa shape index (κ2) is 6.20. The van der Waals surface area contributed by atoms with Crippen molar-refractivity contribution in [3.63, 3.8) is 0 Å². The van der Waals surface area contributed by atoms with Crippen LogP contribution in [0.15, 0.2) is 45.9 Å². The minimum atomic E-state index is -0.569. The maximum Gasteiger partial charge on any atom is 0.271 e. The fourth-order valence-corrected chi connectivity index (χ4v) is 2.08. The van der Waals surface area contributed by atoms with Crippen molar-refractivity contribution in [2.24, 2.45) is 4.99 Å². The molecule has 0 heterocycles. The molecule has 0 spiro atoms. The zero-order chi connectivity index (χ0) is 15.4. The summed E-state index contributed by atoms with van der Waals surface area (Å²) in [5.41, 5.74) is 1.17. The molecule has 0 aliphatic carbocycles. The molecule has 21 heavy (non-hydrogen) atoms. The number of benzene rings is 2. The Morgan fingerprint density at radius 3 is 2.76 bits per heavy atom. The van der Waals surface area contributed by atoms with Gasteiger partial charge in [-0.05, 0) is 23.8 Å². The van der Waals surface area contributed by atoms with Crippen LogP contribution in [0.1, 0.15) is 11.1 Å². The maximum absolute atomic E-state index is 11.9. The van der Waals surface area contributed by atoms with Gasteiger partial charge in [-0.2, -0.15) is 0 Å². The lowest BCUT2D eigenvalue weighted by atomic mass is 10.2. The summed E-state index contributed by atoms with van der Waals surface area (Å²) >= 11 is 3.01. The predicted octanol–water partition coefficient (Wildman–Crippen LogP) is 3.16. The molecule has 2 aromatic carbocycles. The van der Waals surface area contributed by atoms with Gasteiger partial charge in [0, 0.05) is 28.4 Å². The number of terminal acetylenes is 1. The third kappa shape index (κ3) is 3.46. The van der Waals surface area contributed by atoms with Crippen molar-refractivity contribution < 1.29 is 10.0 Å². The van der Waals surface area contributed by atoms with Gasteiger partial charge in [-0.25, -0.2) is 0 Å². The number of hydrogen-bond acceptors (Lipinski definition) is 4. The highest BCUT2D eigenvalue weighted by molar-refractivity contribution is 9.10. The highest BCUT2D eigenvalue weighted by Crippen LogP contribution is 2.29. The number of non-ortho nitro benzene ring substituents is 1. The van der Waals surface area contributed by atoms with Crippen LogP contribution in [0.3, 0.4) is 0 Å². The smallest absolute Gasteiger partial charge is 0.271 e. The van der Waals surface area contributed by atoms with E-state index in [1.807, 2.05) is 0 Å². The summed E-state index contributed by atoms with van der Waals surface area (Å²) in [7, 11) is 0. The van der Waals surface area contributed by atoms with Crippen LogP contribution in [0.4, 0.5) is 11.4 Å². The van der Waals surface area contributed by atoms with E-state index in [-0.39, 0.29) is 21.5 Å². The Labute approximate surface area is 129 Å². The molecule has 0 aromatic heterocycles. The zero-order valence-electron chi connectivity index (χ0n) is 10.6. The van der Waals surface area contributed by atoms with Gasteiger partial charge < -0.3 is 5.11 Å². The summed E-state index contributed by atoms with van der Waals surface area (Å²) in [5, 5.41) is 22.7. The van der Waals surface area contributed by atoms with Crippen LogP contribution >= 0.6 is 15.9 Å². The topological polar surface area (TPSA) is 78.6 Å². The number of aliphatic imine (C=N–C) groups is 1. The maximum atomic E-state index is 11.9. The average molecular weight is 344 g/mol. The summed E-state index contributed by atoms with van der Waals surface area (Å²) in [6, 6.07) is 9.23. The Morgan fingerprint density at radius 1 is 1.33 bits per heavy atom. The Morgan fingerprint density at radius 2 is 2.10 bits per heavy atom. The van der Waals surface area contributed by atoms with Gasteiger partial charge in [0.1, 0.15) is 0 Å². The van der Waals surface area contributed by atoms with E-state index in [1.165, 1.54) is 18.3 Å². The molecule has 5 nitrogen and oxygen atoms in total. The average Bonchev–Trinajstić information content (AvgIpc) is 2.48. The van der Waals surface area contributed by atoms with E-state index in [2.05, 4.69) is 26.8 Å². The minimum absolute atomic E-state index is 0.121. The molecule has 0 aliphatic rings. The molecular formula is C15H8BrN2O3-. The zero-order valence-corrected chi connectivity index (χ0v) is 12.2. The molecule has 0 amide bonds. The molecule has 6 heteroatoms. The lowest BCUT2D eigenvalue weighted by molar-refractivity contribution is -0.385. The molecule has 0 unspecified atom stereocenters. The van der Waals surface area contributed by atoms with Crippen LogP contribution in [0.25, 0.3) is 0 Å². The van der Waals surface area contributed by atoms with Gasteiger partial charge in [0.25, 0.3) is 5.69 Å². The molecule has 0 bridgehead atoms. The van der Waals surface area contributed by atoms with E-state index in [4.69, 9.17) is 6.42 Å². The largest absolute Gasteiger partial charge is 0.871 e. The van der Waals surface area contributed by atoms with E-state index < -0.39 is 4.92 Å². The monoisotopic (exact) mass is 343 g/mol. The summed E-state index contributed by atoms with van der Waals surface area (Å²) in [4.78, 5) is 14.3. The number of nitro groups is 1. The molecule has 0 radical (unpaired) electrons. The van der Waals surface area contributed by atoms with Crippen molar-refractivity contribution in [1.29, 1.82) is 0 Å². The highest BCUT2D eigenvalue weighted by Gasteiger charge is 2.09. The van der Waals surface area contributed by atoms with Crippen molar-refractivity contribution in [3.8, 4) is 18.1 Å². The van der Waals surface area contributed by atoms with Crippen molar-refractivity contribution in [2.75, 3.05) is 0 Å². The van der Waals surface area contributed by atoms with Gasteiger partial charge in [-0.3, -0.25) is 15.1 Å². The molecule has 2 aromatic rings. The molecule has 0 saturated heterocycles. The number of nitrogens with zero attached hydrogens (tertiary/aromatic N) is 2.